The van der Waals surface area contributed by atoms with Crippen molar-refractivity contribution in [2.45, 2.75) is 58.4 Å². The Kier molecular flexibility index (Phi) is 4.79. The zero-order chi connectivity index (χ0) is 9.68. The van der Waals surface area contributed by atoms with Gasteiger partial charge in [-0.1, -0.05) is 32.6 Å². The Bertz CT molecular complexity index is 133. The summed E-state index contributed by atoms with van der Waals surface area (Å²) >= 11 is 0. The Balaban J connectivity index is 2.18. The molecular weight excluding hydrogens is 158 g/mol. The van der Waals surface area contributed by atoms with Crippen LogP contribution in [0.1, 0.15) is 52.4 Å². The van der Waals surface area contributed by atoms with E-state index in [0.29, 0.717) is 6.04 Å². The maximum Gasteiger partial charge on any atom is 0.00358 e. The van der Waals surface area contributed by atoms with Gasteiger partial charge in [-0.05, 0) is 38.6 Å². The molecule has 3 atom stereocenters. The van der Waals surface area contributed by atoms with Crippen LogP contribution in [-0.2, 0) is 0 Å². The summed E-state index contributed by atoms with van der Waals surface area (Å²) in [5.74, 6) is 2.00. The summed E-state index contributed by atoms with van der Waals surface area (Å²) < 4.78 is 0. The highest BCUT2D eigenvalue weighted by Crippen LogP contribution is 2.32. The van der Waals surface area contributed by atoms with Crippen molar-refractivity contribution in [1.82, 2.24) is 5.32 Å². The van der Waals surface area contributed by atoms with Crippen molar-refractivity contribution in [2.75, 3.05) is 7.05 Å². The average Bonchev–Trinajstić information content (AvgIpc) is 2.16. The van der Waals surface area contributed by atoms with Gasteiger partial charge in [-0.15, -0.1) is 0 Å². The molecule has 1 nitrogen and oxygen atoms in total. The normalized spacial score (nSPS) is 31.6. The first kappa shape index (κ1) is 11.0. The smallest absolute Gasteiger partial charge is 0.00358 e. The minimum atomic E-state index is 0.703. The molecule has 0 heterocycles. The van der Waals surface area contributed by atoms with Gasteiger partial charge < -0.3 is 5.32 Å². The van der Waals surface area contributed by atoms with Crippen LogP contribution in [0.5, 0.6) is 0 Å². The van der Waals surface area contributed by atoms with Gasteiger partial charge in [0.15, 0.2) is 0 Å². The second-order valence-electron chi connectivity index (χ2n) is 4.79. The molecule has 1 rings (SSSR count). The lowest BCUT2D eigenvalue weighted by Crippen LogP contribution is -2.24. The molecule has 3 unspecified atom stereocenters. The van der Waals surface area contributed by atoms with Crippen LogP contribution in [0.3, 0.4) is 0 Å². The van der Waals surface area contributed by atoms with Crippen molar-refractivity contribution in [3.63, 3.8) is 0 Å². The monoisotopic (exact) mass is 183 g/mol. The van der Waals surface area contributed by atoms with Crippen LogP contribution < -0.4 is 5.32 Å². The highest BCUT2D eigenvalue weighted by Gasteiger charge is 2.20. The molecule has 0 radical (unpaired) electrons. The maximum absolute atomic E-state index is 3.32. The van der Waals surface area contributed by atoms with Gasteiger partial charge in [-0.2, -0.15) is 0 Å². The van der Waals surface area contributed by atoms with Gasteiger partial charge in [0, 0.05) is 6.04 Å². The third-order valence-electron chi connectivity index (χ3n) is 3.75. The van der Waals surface area contributed by atoms with Gasteiger partial charge in [0.1, 0.15) is 0 Å². The van der Waals surface area contributed by atoms with Gasteiger partial charge >= 0.3 is 0 Å². The average molecular weight is 183 g/mol. The van der Waals surface area contributed by atoms with Gasteiger partial charge in [0.25, 0.3) is 0 Å². The Morgan fingerprint density at radius 3 is 2.62 bits per heavy atom. The number of hydrogen-bond acceptors (Lipinski definition) is 1. The molecule has 1 heteroatoms. The first-order valence-electron chi connectivity index (χ1n) is 5.91. The predicted molar refractivity (Wildman–Crippen MR) is 58.9 cm³/mol. The minimum Gasteiger partial charge on any atom is -0.317 e. The highest BCUT2D eigenvalue weighted by atomic mass is 14.8. The van der Waals surface area contributed by atoms with Gasteiger partial charge in [0.05, 0.1) is 0 Å². The van der Waals surface area contributed by atoms with Crippen LogP contribution in [0, 0.1) is 11.8 Å². The summed E-state index contributed by atoms with van der Waals surface area (Å²) in [6.45, 7) is 4.72. The lowest BCUT2D eigenvalue weighted by molar-refractivity contribution is 0.232. The molecular formula is C12H25N. The lowest BCUT2D eigenvalue weighted by atomic mass is 9.77. The van der Waals surface area contributed by atoms with Crippen LogP contribution in [0.15, 0.2) is 0 Å². The van der Waals surface area contributed by atoms with E-state index in [1.165, 1.54) is 38.5 Å². The van der Waals surface area contributed by atoms with E-state index in [4.69, 9.17) is 0 Å². The maximum atomic E-state index is 3.32. The van der Waals surface area contributed by atoms with Crippen molar-refractivity contribution in [2.24, 2.45) is 11.8 Å². The molecule has 1 saturated carbocycles. The molecule has 13 heavy (non-hydrogen) atoms. The number of hydrogen-bond donors (Lipinski definition) is 1. The van der Waals surface area contributed by atoms with E-state index < -0.39 is 0 Å². The summed E-state index contributed by atoms with van der Waals surface area (Å²) in [7, 11) is 2.06. The first-order valence-corrected chi connectivity index (χ1v) is 5.91. The van der Waals surface area contributed by atoms with Crippen LogP contribution in [-0.4, -0.2) is 13.1 Å². The molecule has 0 aromatic heterocycles. The van der Waals surface area contributed by atoms with Crippen LogP contribution in [0.2, 0.25) is 0 Å². The molecule has 0 spiro atoms. The first-order chi connectivity index (χ1) is 6.24. The molecule has 1 fully saturated rings. The quantitative estimate of drug-likeness (QED) is 0.706. The van der Waals surface area contributed by atoms with E-state index in [1.807, 2.05) is 0 Å². The SMILES string of the molecule is CNC(C)CCC1CCCCC1C. The Labute approximate surface area is 83.3 Å². The van der Waals surface area contributed by atoms with Gasteiger partial charge in [-0.3, -0.25) is 0 Å². The molecule has 1 aliphatic carbocycles. The topological polar surface area (TPSA) is 12.0 Å². The van der Waals surface area contributed by atoms with E-state index in [2.05, 4.69) is 26.2 Å². The van der Waals surface area contributed by atoms with Crippen molar-refractivity contribution in [1.29, 1.82) is 0 Å². The summed E-state index contributed by atoms with van der Waals surface area (Å²) in [5, 5.41) is 3.32. The lowest BCUT2D eigenvalue weighted by Gasteiger charge is -2.29. The van der Waals surface area contributed by atoms with Crippen molar-refractivity contribution in [3.8, 4) is 0 Å². The van der Waals surface area contributed by atoms with Crippen molar-refractivity contribution < 1.29 is 0 Å². The summed E-state index contributed by atoms with van der Waals surface area (Å²) in [4.78, 5) is 0. The number of rotatable bonds is 4. The summed E-state index contributed by atoms with van der Waals surface area (Å²) in [6.07, 6.45) is 8.69. The van der Waals surface area contributed by atoms with E-state index in [0.717, 1.165) is 11.8 Å². The van der Waals surface area contributed by atoms with Crippen molar-refractivity contribution in [3.05, 3.63) is 0 Å². The van der Waals surface area contributed by atoms with E-state index >= 15 is 0 Å². The molecule has 0 aliphatic heterocycles. The van der Waals surface area contributed by atoms with Crippen LogP contribution in [0.25, 0.3) is 0 Å². The largest absolute Gasteiger partial charge is 0.317 e. The third-order valence-corrected chi connectivity index (χ3v) is 3.75. The molecule has 0 saturated heterocycles. The molecule has 1 N–H and O–H groups in total. The van der Waals surface area contributed by atoms with Gasteiger partial charge in [-0.25, -0.2) is 0 Å². The highest BCUT2D eigenvalue weighted by molar-refractivity contribution is 4.73. The fourth-order valence-electron chi connectivity index (χ4n) is 2.43. The molecule has 1 aliphatic rings. The summed E-state index contributed by atoms with van der Waals surface area (Å²) in [5.41, 5.74) is 0. The number of nitrogens with one attached hydrogen (secondary N) is 1. The standard InChI is InChI=1S/C12H25N/c1-10-6-4-5-7-12(10)9-8-11(2)13-3/h10-13H,4-9H2,1-3H3. The fourth-order valence-corrected chi connectivity index (χ4v) is 2.43. The zero-order valence-electron chi connectivity index (χ0n) is 9.47. The van der Waals surface area contributed by atoms with Crippen LogP contribution >= 0.6 is 0 Å². The molecule has 0 amide bonds. The zero-order valence-corrected chi connectivity index (χ0v) is 9.47. The van der Waals surface area contributed by atoms with Gasteiger partial charge in [0.2, 0.25) is 0 Å². The van der Waals surface area contributed by atoms with Crippen molar-refractivity contribution >= 4 is 0 Å². The van der Waals surface area contributed by atoms with E-state index in [1.54, 1.807) is 0 Å². The fraction of sp³-hybridized carbons (Fsp3) is 1.00. The molecule has 0 bridgehead atoms. The third kappa shape index (κ3) is 3.68. The Hall–Kier alpha value is -0.0400. The minimum absolute atomic E-state index is 0.703. The summed E-state index contributed by atoms with van der Waals surface area (Å²) in [6, 6.07) is 0.703. The molecule has 0 aromatic rings. The van der Waals surface area contributed by atoms with Crippen LogP contribution in [0.4, 0.5) is 0 Å². The molecule has 0 aromatic carbocycles. The Morgan fingerprint density at radius 2 is 2.00 bits per heavy atom. The second-order valence-corrected chi connectivity index (χ2v) is 4.79. The van der Waals surface area contributed by atoms with E-state index in [-0.39, 0.29) is 0 Å². The Morgan fingerprint density at radius 1 is 1.31 bits per heavy atom. The van der Waals surface area contributed by atoms with E-state index in [9.17, 15) is 0 Å². The molecule has 78 valence electrons. The predicted octanol–water partition coefficient (Wildman–Crippen LogP) is 3.20. The second kappa shape index (κ2) is 5.64.